The second-order valence-electron chi connectivity index (χ2n) is 4.30. The topological polar surface area (TPSA) is 19.9 Å². The molecule has 1 nitrogen and oxygen atoms in total. The maximum Gasteiger partial charge on any atom is 0.226 e. The van der Waals surface area contributed by atoms with Crippen molar-refractivity contribution in [3.8, 4) is 5.75 Å². The number of fused-ring (bicyclic) bond motifs is 1. The number of rotatable bonds is 2. The van der Waals surface area contributed by atoms with Gasteiger partial charge in [0.2, 0.25) is 8.13 Å². The number of alkyl halides is 7. The van der Waals surface area contributed by atoms with Crippen LogP contribution in [0.1, 0.15) is 5.56 Å². The van der Waals surface area contributed by atoms with Gasteiger partial charge in [-0.1, -0.05) is 112 Å². The smallest absolute Gasteiger partial charge is 0.226 e. The van der Waals surface area contributed by atoms with E-state index in [1.807, 2.05) is 0 Å². The van der Waals surface area contributed by atoms with Gasteiger partial charge in [-0.05, 0) is 17.0 Å². The third kappa shape index (κ3) is 2.99. The number of benzene rings is 2. The van der Waals surface area contributed by atoms with Crippen molar-refractivity contribution in [3.63, 3.8) is 0 Å². The molecule has 1 radical (unpaired) electrons. The number of hydrogen-bond acceptors (Lipinski definition) is 0. The fourth-order valence-corrected chi connectivity index (χ4v) is 3.42. The molecular weight excluding hydrogens is 420 g/mol. The van der Waals surface area contributed by atoms with Crippen LogP contribution in [-0.4, -0.2) is 8.13 Å². The molecule has 0 bridgehead atoms. The number of hydrogen-bond donors (Lipinski definition) is 0. The second-order valence-corrected chi connectivity index (χ2v) is 9.24. The van der Waals surface area contributed by atoms with Gasteiger partial charge in [0.05, 0.1) is 0 Å². The van der Waals surface area contributed by atoms with Gasteiger partial charge in [0, 0.05) is 5.39 Å². The molecule has 0 atom stereocenters. The van der Waals surface area contributed by atoms with E-state index >= 15 is 0 Å². The third-order valence-electron chi connectivity index (χ3n) is 2.97. The normalized spacial score (nSPS) is 13.7. The highest BCUT2D eigenvalue weighted by molar-refractivity contribution is 6.78. The van der Waals surface area contributed by atoms with Crippen molar-refractivity contribution in [2.24, 2.45) is 0 Å². The summed E-state index contributed by atoms with van der Waals surface area (Å²) in [6, 6.07) is 9.44. The van der Waals surface area contributed by atoms with Crippen LogP contribution in [-0.2, 0) is 9.44 Å². The van der Waals surface area contributed by atoms with Gasteiger partial charge < -0.3 is 0 Å². The Bertz CT molecular complexity index is 676. The molecule has 2 aromatic rings. The lowest BCUT2D eigenvalue weighted by atomic mass is 9.99. The average molecular weight is 426 g/mol. The standard InChI is InChI=1S/C13H6Cl7O/c14-11(15,12(16,17)13(18,19)20)9-5-6-10(21)8-4-2-1-3-7(8)9/h1-6H. The van der Waals surface area contributed by atoms with Crippen LogP contribution in [0.2, 0.25) is 0 Å². The van der Waals surface area contributed by atoms with Crippen LogP contribution in [0.5, 0.6) is 5.75 Å². The van der Waals surface area contributed by atoms with Crippen LogP contribution >= 0.6 is 81.2 Å². The molecule has 8 heteroatoms. The predicted molar refractivity (Wildman–Crippen MR) is 92.2 cm³/mol. The van der Waals surface area contributed by atoms with Gasteiger partial charge in [-0.25, -0.2) is 0 Å². The van der Waals surface area contributed by atoms with Crippen LogP contribution in [0.3, 0.4) is 0 Å². The maximum absolute atomic E-state index is 11.9. The van der Waals surface area contributed by atoms with Crippen molar-refractivity contribution < 1.29 is 5.11 Å². The van der Waals surface area contributed by atoms with Crippen molar-refractivity contribution >= 4 is 92.0 Å². The van der Waals surface area contributed by atoms with Gasteiger partial charge in [-0.2, -0.15) is 0 Å². The molecule has 0 heterocycles. The Kier molecular flexibility index (Phi) is 5.00. The molecule has 0 aliphatic carbocycles. The summed E-state index contributed by atoms with van der Waals surface area (Å²) in [7, 11) is 0. The summed E-state index contributed by atoms with van der Waals surface area (Å²) in [6.07, 6.45) is 0. The van der Waals surface area contributed by atoms with E-state index in [4.69, 9.17) is 81.2 Å². The van der Waals surface area contributed by atoms with E-state index in [2.05, 4.69) is 0 Å². The summed E-state index contributed by atoms with van der Waals surface area (Å²) in [5, 5.41) is 12.8. The molecule has 113 valence electrons. The molecule has 2 aromatic carbocycles. The molecule has 0 aliphatic rings. The van der Waals surface area contributed by atoms with Gasteiger partial charge in [-0.3, -0.25) is 5.11 Å². The Morgan fingerprint density at radius 2 is 1.24 bits per heavy atom. The summed E-state index contributed by atoms with van der Waals surface area (Å²) < 4.78 is -6.27. The van der Waals surface area contributed by atoms with Gasteiger partial charge in [0.15, 0.2) is 10.1 Å². The fraction of sp³-hybridized carbons (Fsp3) is 0.231. The van der Waals surface area contributed by atoms with Gasteiger partial charge in [0.1, 0.15) is 0 Å². The summed E-state index contributed by atoms with van der Waals surface area (Å²) in [4.78, 5) is 0. The van der Waals surface area contributed by atoms with Crippen molar-refractivity contribution in [3.05, 3.63) is 42.0 Å². The summed E-state index contributed by atoms with van der Waals surface area (Å²) in [6.45, 7) is 0. The molecule has 0 aliphatic heterocycles. The molecule has 0 fully saturated rings. The zero-order valence-corrected chi connectivity index (χ0v) is 15.3. The Morgan fingerprint density at radius 1 is 0.714 bits per heavy atom. The first-order valence-electron chi connectivity index (χ1n) is 5.52. The molecule has 21 heavy (non-hydrogen) atoms. The van der Waals surface area contributed by atoms with E-state index in [0.29, 0.717) is 10.8 Å². The Hall–Kier alpha value is 0.530. The maximum atomic E-state index is 11.9. The monoisotopic (exact) mass is 423 g/mol. The van der Waals surface area contributed by atoms with Gasteiger partial charge in [-0.15, -0.1) is 0 Å². The lowest BCUT2D eigenvalue weighted by molar-refractivity contribution is 0.360. The molecule has 0 spiro atoms. The van der Waals surface area contributed by atoms with Crippen molar-refractivity contribution in [1.82, 2.24) is 0 Å². The SMILES string of the molecule is [O]c1ccc(C(Cl)(Cl)C(Cl)(Cl)C(Cl)(Cl)Cl)c2ccccc12. The van der Waals surface area contributed by atoms with Crippen LogP contribution in [0, 0.1) is 0 Å². The third-order valence-corrected chi connectivity index (χ3v) is 6.90. The number of halogens is 7. The zero-order chi connectivity index (χ0) is 16.1. The van der Waals surface area contributed by atoms with Gasteiger partial charge >= 0.3 is 0 Å². The highest BCUT2D eigenvalue weighted by Gasteiger charge is 2.61. The van der Waals surface area contributed by atoms with Crippen molar-refractivity contribution in [1.29, 1.82) is 0 Å². The van der Waals surface area contributed by atoms with E-state index in [9.17, 15) is 5.11 Å². The Balaban J connectivity index is 2.75. The predicted octanol–water partition coefficient (Wildman–Crippen LogP) is 7.16. The molecule has 0 aromatic heterocycles. The van der Waals surface area contributed by atoms with E-state index in [0.717, 1.165) is 0 Å². The Labute approximate surface area is 156 Å². The van der Waals surface area contributed by atoms with E-state index < -0.39 is 12.5 Å². The molecule has 0 unspecified atom stereocenters. The highest BCUT2D eigenvalue weighted by atomic mass is 35.6. The summed E-state index contributed by atoms with van der Waals surface area (Å²) >= 11 is 42.2. The Morgan fingerprint density at radius 3 is 1.76 bits per heavy atom. The van der Waals surface area contributed by atoms with E-state index in [1.165, 1.54) is 12.1 Å². The lowest BCUT2D eigenvalue weighted by Gasteiger charge is -2.38. The molecule has 0 amide bonds. The largest absolute Gasteiger partial charge is 0.289 e. The molecule has 2 rings (SSSR count). The first-order valence-corrected chi connectivity index (χ1v) is 8.16. The zero-order valence-electron chi connectivity index (χ0n) is 10.0. The van der Waals surface area contributed by atoms with E-state index in [-0.39, 0.29) is 11.3 Å². The molecule has 0 saturated carbocycles. The fourth-order valence-electron chi connectivity index (χ4n) is 1.89. The summed E-state index contributed by atoms with van der Waals surface area (Å²) in [5.74, 6) is -0.192. The minimum Gasteiger partial charge on any atom is -0.289 e. The van der Waals surface area contributed by atoms with Crippen LogP contribution in [0.15, 0.2) is 36.4 Å². The first-order chi connectivity index (χ1) is 9.50. The minimum absolute atomic E-state index is 0.192. The first kappa shape index (κ1) is 17.9. The van der Waals surface area contributed by atoms with Crippen LogP contribution in [0.4, 0.5) is 0 Å². The van der Waals surface area contributed by atoms with Crippen LogP contribution < -0.4 is 0 Å². The molecular formula is C13H6Cl7O. The lowest BCUT2D eigenvalue weighted by Crippen LogP contribution is -2.45. The molecule has 0 N–H and O–H groups in total. The van der Waals surface area contributed by atoms with Crippen molar-refractivity contribution in [2.75, 3.05) is 0 Å². The van der Waals surface area contributed by atoms with E-state index in [1.54, 1.807) is 24.3 Å². The quantitative estimate of drug-likeness (QED) is 0.454. The van der Waals surface area contributed by atoms with Crippen molar-refractivity contribution in [2.45, 2.75) is 12.5 Å². The summed E-state index contributed by atoms with van der Waals surface area (Å²) in [5.41, 5.74) is 0.275. The second kappa shape index (κ2) is 5.87. The van der Waals surface area contributed by atoms with Crippen LogP contribution in [0.25, 0.3) is 10.8 Å². The van der Waals surface area contributed by atoms with Gasteiger partial charge in [0.25, 0.3) is 0 Å². The molecule has 0 saturated heterocycles. The minimum atomic E-state index is -2.16. The average Bonchev–Trinajstić information content (AvgIpc) is 2.37. The highest BCUT2D eigenvalue weighted by Crippen LogP contribution is 2.61.